The lowest BCUT2D eigenvalue weighted by atomic mass is 9.96. The van der Waals surface area contributed by atoms with Crippen molar-refractivity contribution in [1.82, 2.24) is 4.98 Å². The van der Waals surface area contributed by atoms with Gasteiger partial charge in [-0.25, -0.2) is 4.79 Å². The lowest BCUT2D eigenvalue weighted by Crippen LogP contribution is -2.32. The Bertz CT molecular complexity index is 776. The number of carbonyl (C=O) groups is 1. The number of hydrogen-bond donors (Lipinski definition) is 0. The normalized spacial score (nSPS) is 19.0. The summed E-state index contributed by atoms with van der Waals surface area (Å²) in [6.45, 7) is 6.29. The number of anilines is 1. The second-order valence-corrected chi connectivity index (χ2v) is 6.19. The molecule has 2 aromatic rings. The van der Waals surface area contributed by atoms with Crippen LogP contribution in [0.15, 0.2) is 36.7 Å². The van der Waals surface area contributed by atoms with Gasteiger partial charge >= 0.3 is 5.97 Å². The van der Waals surface area contributed by atoms with E-state index in [4.69, 9.17) is 17.0 Å². The van der Waals surface area contributed by atoms with Crippen LogP contribution in [-0.4, -0.2) is 22.9 Å². The molecule has 5 heteroatoms. The van der Waals surface area contributed by atoms with Crippen molar-refractivity contribution in [3.63, 3.8) is 0 Å². The molecule has 0 fully saturated rings. The highest BCUT2D eigenvalue weighted by Gasteiger charge is 2.42. The Morgan fingerprint density at radius 3 is 2.62 bits per heavy atom. The van der Waals surface area contributed by atoms with Gasteiger partial charge in [-0.1, -0.05) is 24.4 Å². The molecular formula is C19H20N2O2S. The summed E-state index contributed by atoms with van der Waals surface area (Å²) in [6, 6.07) is 7.34. The van der Waals surface area contributed by atoms with Crippen molar-refractivity contribution < 1.29 is 9.53 Å². The van der Waals surface area contributed by atoms with Gasteiger partial charge in [-0.2, -0.15) is 0 Å². The first-order chi connectivity index (χ1) is 11.6. The fraction of sp³-hybridized carbons (Fsp3) is 0.316. The summed E-state index contributed by atoms with van der Waals surface area (Å²) in [6.07, 6.45) is 3.47. The second kappa shape index (κ2) is 6.69. The van der Waals surface area contributed by atoms with Crippen molar-refractivity contribution in [2.24, 2.45) is 0 Å². The molecule has 1 aromatic carbocycles. The summed E-state index contributed by atoms with van der Waals surface area (Å²) in [4.78, 5) is 18.9. The summed E-state index contributed by atoms with van der Waals surface area (Å²) in [5, 5.41) is 1.71. The summed E-state index contributed by atoms with van der Waals surface area (Å²) in [5.74, 6) is -0.259. The van der Waals surface area contributed by atoms with Gasteiger partial charge in [0.2, 0.25) is 0 Å². The molecule has 4 nitrogen and oxygen atoms in total. The van der Waals surface area contributed by atoms with Crippen LogP contribution in [0.5, 0.6) is 0 Å². The van der Waals surface area contributed by atoms with Gasteiger partial charge in [0.25, 0.3) is 0 Å². The number of rotatable bonds is 4. The number of fused-ring (bicyclic) bond motifs is 1. The van der Waals surface area contributed by atoms with E-state index < -0.39 is 6.04 Å². The predicted molar refractivity (Wildman–Crippen MR) is 98.4 cm³/mol. The molecule has 24 heavy (non-hydrogen) atoms. The first kappa shape index (κ1) is 16.6. The van der Waals surface area contributed by atoms with E-state index in [1.165, 1.54) is 5.56 Å². The summed E-state index contributed by atoms with van der Waals surface area (Å²) < 4.78 is 5.35. The molecule has 0 spiro atoms. The van der Waals surface area contributed by atoms with E-state index in [0.29, 0.717) is 6.61 Å². The SMILES string of the molecule is CCOC(=O)C1c2cc(C)c(C)cc2C(C=S)N1c1cccnc1. The Hall–Kier alpha value is -2.27. The number of benzene rings is 1. The molecule has 2 atom stereocenters. The van der Waals surface area contributed by atoms with Gasteiger partial charge in [0, 0.05) is 11.6 Å². The number of ether oxygens (including phenoxy) is 1. The Kier molecular flexibility index (Phi) is 4.62. The Labute approximate surface area is 147 Å². The fourth-order valence-electron chi connectivity index (χ4n) is 3.23. The van der Waals surface area contributed by atoms with E-state index in [9.17, 15) is 4.79 Å². The monoisotopic (exact) mass is 340 g/mol. The maximum atomic E-state index is 12.7. The van der Waals surface area contributed by atoms with Gasteiger partial charge in [0.1, 0.15) is 0 Å². The molecule has 0 saturated carbocycles. The van der Waals surface area contributed by atoms with E-state index in [0.717, 1.165) is 22.4 Å². The molecule has 2 heterocycles. The number of nitrogens with zero attached hydrogens (tertiary/aromatic N) is 2. The third-order valence-electron chi connectivity index (χ3n) is 4.47. The quantitative estimate of drug-likeness (QED) is 0.624. The van der Waals surface area contributed by atoms with Crippen LogP contribution in [0.2, 0.25) is 0 Å². The average Bonchev–Trinajstić information content (AvgIpc) is 2.89. The maximum Gasteiger partial charge on any atom is 0.333 e. The minimum atomic E-state index is -0.507. The zero-order chi connectivity index (χ0) is 17.3. The number of carbonyl (C=O) groups excluding carboxylic acids is 1. The summed E-state index contributed by atoms with van der Waals surface area (Å²) >= 11 is 5.31. The first-order valence-corrected chi connectivity index (χ1v) is 8.47. The van der Waals surface area contributed by atoms with Gasteiger partial charge < -0.3 is 9.64 Å². The topological polar surface area (TPSA) is 42.4 Å². The van der Waals surface area contributed by atoms with Gasteiger partial charge in [0.05, 0.1) is 24.5 Å². The summed E-state index contributed by atoms with van der Waals surface area (Å²) in [5.41, 5.74) is 5.22. The first-order valence-electron chi connectivity index (χ1n) is 7.99. The molecular weight excluding hydrogens is 320 g/mol. The van der Waals surface area contributed by atoms with Crippen LogP contribution < -0.4 is 4.90 Å². The third-order valence-corrected chi connectivity index (χ3v) is 4.73. The van der Waals surface area contributed by atoms with E-state index >= 15 is 0 Å². The van der Waals surface area contributed by atoms with Crippen molar-refractivity contribution in [2.45, 2.75) is 32.9 Å². The molecule has 0 radical (unpaired) electrons. The number of aryl methyl sites for hydroxylation is 2. The Morgan fingerprint density at radius 2 is 2.04 bits per heavy atom. The molecule has 0 N–H and O–H groups in total. The number of pyridine rings is 1. The van der Waals surface area contributed by atoms with Crippen LogP contribution in [-0.2, 0) is 9.53 Å². The highest BCUT2D eigenvalue weighted by atomic mass is 32.1. The number of esters is 1. The highest BCUT2D eigenvalue weighted by molar-refractivity contribution is 7.79. The molecule has 1 aromatic heterocycles. The molecule has 124 valence electrons. The van der Waals surface area contributed by atoms with Crippen LogP contribution in [0, 0.1) is 13.8 Å². The lowest BCUT2D eigenvalue weighted by molar-refractivity contribution is -0.144. The van der Waals surface area contributed by atoms with Crippen LogP contribution >= 0.6 is 12.2 Å². The smallest absolute Gasteiger partial charge is 0.333 e. The van der Waals surface area contributed by atoms with Gasteiger partial charge in [-0.05, 0) is 55.2 Å². The Morgan fingerprint density at radius 1 is 1.33 bits per heavy atom. The van der Waals surface area contributed by atoms with Crippen molar-refractivity contribution in [3.8, 4) is 0 Å². The van der Waals surface area contributed by atoms with E-state index in [2.05, 4.69) is 31.0 Å². The zero-order valence-electron chi connectivity index (χ0n) is 14.0. The molecule has 2 unspecified atom stereocenters. The van der Waals surface area contributed by atoms with Gasteiger partial charge in [-0.15, -0.1) is 0 Å². The van der Waals surface area contributed by atoms with Gasteiger partial charge in [-0.3, -0.25) is 4.98 Å². The minimum absolute atomic E-state index is 0.159. The van der Waals surface area contributed by atoms with Crippen molar-refractivity contribution in [1.29, 1.82) is 0 Å². The standard InChI is InChI=1S/C19H20N2O2S/c1-4-23-19(22)18-16-9-13(3)12(2)8-15(16)17(11-24)21(18)14-6-5-7-20-10-14/h5-11,17-18H,4H2,1-3H3. The third kappa shape index (κ3) is 2.69. The maximum absolute atomic E-state index is 12.7. The fourth-order valence-corrected chi connectivity index (χ4v) is 3.51. The predicted octanol–water partition coefficient (Wildman–Crippen LogP) is 3.86. The second-order valence-electron chi connectivity index (χ2n) is 5.92. The van der Waals surface area contributed by atoms with E-state index in [-0.39, 0.29) is 12.0 Å². The van der Waals surface area contributed by atoms with Crippen LogP contribution in [0.1, 0.15) is 41.3 Å². The van der Waals surface area contributed by atoms with Crippen molar-refractivity contribution in [2.75, 3.05) is 11.5 Å². The average molecular weight is 340 g/mol. The zero-order valence-corrected chi connectivity index (χ0v) is 14.8. The molecule has 1 aliphatic heterocycles. The minimum Gasteiger partial charge on any atom is -0.464 e. The molecule has 0 saturated heterocycles. The summed E-state index contributed by atoms with van der Waals surface area (Å²) in [7, 11) is 0. The lowest BCUT2D eigenvalue weighted by Gasteiger charge is -2.29. The van der Waals surface area contributed by atoms with E-state index in [1.54, 1.807) is 17.8 Å². The molecule has 0 bridgehead atoms. The van der Waals surface area contributed by atoms with Crippen molar-refractivity contribution >= 4 is 29.2 Å². The number of aromatic nitrogens is 1. The highest BCUT2D eigenvalue weighted by Crippen LogP contribution is 2.45. The van der Waals surface area contributed by atoms with Gasteiger partial charge in [0.15, 0.2) is 6.04 Å². The Balaban J connectivity index is 2.19. The molecule has 0 aliphatic carbocycles. The number of hydrogen-bond acceptors (Lipinski definition) is 5. The molecule has 1 aliphatic rings. The van der Waals surface area contributed by atoms with E-state index in [1.807, 2.05) is 24.0 Å². The largest absolute Gasteiger partial charge is 0.464 e. The molecule has 0 amide bonds. The van der Waals surface area contributed by atoms with Crippen LogP contribution in [0.25, 0.3) is 0 Å². The molecule has 3 rings (SSSR count). The number of thiocarbonyl (C=S) groups is 1. The van der Waals surface area contributed by atoms with Crippen LogP contribution in [0.3, 0.4) is 0 Å². The van der Waals surface area contributed by atoms with Crippen molar-refractivity contribution in [3.05, 3.63) is 58.9 Å². The van der Waals surface area contributed by atoms with Crippen LogP contribution in [0.4, 0.5) is 5.69 Å².